The zero-order chi connectivity index (χ0) is 31.0. The van der Waals surface area contributed by atoms with E-state index in [0.717, 1.165) is 12.5 Å². The van der Waals surface area contributed by atoms with Crippen molar-refractivity contribution >= 4 is 29.8 Å². The smallest absolute Gasteiger partial charge is 0.348 e. The number of ether oxygens (including phenoxy) is 4. The SMILES string of the molecule is CC[C@]12c3c4ccc(O)c3O[C@H]1C(OC(=O)CCC(=O)O[C@@H](C)C(=O)O[C@@H](CC(=O)O)C(=O)O)=CC[C@@]2(O)[C@H](NC)C4. The summed E-state index contributed by atoms with van der Waals surface area (Å²) in [6.45, 7) is 2.99. The lowest BCUT2D eigenvalue weighted by molar-refractivity contribution is -0.178. The van der Waals surface area contributed by atoms with Crippen molar-refractivity contribution in [3.63, 3.8) is 0 Å². The number of aliphatic hydroxyl groups is 1. The van der Waals surface area contributed by atoms with Gasteiger partial charge in [-0.25, -0.2) is 9.59 Å². The summed E-state index contributed by atoms with van der Waals surface area (Å²) in [6.07, 6.45) is -3.78. The fraction of sp³-hybridized carbons (Fsp3) is 0.536. The van der Waals surface area contributed by atoms with Gasteiger partial charge in [0.05, 0.1) is 30.3 Å². The first-order chi connectivity index (χ1) is 19.8. The number of carboxylic acids is 2. The maximum absolute atomic E-state index is 12.8. The summed E-state index contributed by atoms with van der Waals surface area (Å²) in [4.78, 5) is 59.0. The molecular weight excluding hydrogens is 558 g/mol. The minimum Gasteiger partial charge on any atom is -0.504 e. The predicted molar refractivity (Wildman–Crippen MR) is 139 cm³/mol. The molecule has 42 heavy (non-hydrogen) atoms. The lowest BCUT2D eigenvalue weighted by Crippen LogP contribution is -2.70. The maximum Gasteiger partial charge on any atom is 0.348 e. The van der Waals surface area contributed by atoms with E-state index in [4.69, 9.17) is 24.4 Å². The Bertz CT molecular complexity index is 1340. The van der Waals surface area contributed by atoms with Crippen LogP contribution in [0.5, 0.6) is 11.5 Å². The van der Waals surface area contributed by atoms with Gasteiger partial charge in [-0.2, -0.15) is 0 Å². The molecule has 5 N–H and O–H groups in total. The average Bonchev–Trinajstić information content (AvgIpc) is 3.31. The molecule has 14 nitrogen and oxygen atoms in total. The molecule has 2 aliphatic carbocycles. The van der Waals surface area contributed by atoms with Crippen molar-refractivity contribution in [1.82, 2.24) is 5.32 Å². The van der Waals surface area contributed by atoms with Crippen molar-refractivity contribution < 1.29 is 63.3 Å². The van der Waals surface area contributed by atoms with Crippen molar-refractivity contribution in [1.29, 1.82) is 0 Å². The van der Waals surface area contributed by atoms with Crippen LogP contribution in [0.15, 0.2) is 24.0 Å². The number of phenolic OH excluding ortho intramolecular Hbond substituents is 1. The van der Waals surface area contributed by atoms with Gasteiger partial charge in [0.2, 0.25) is 6.10 Å². The van der Waals surface area contributed by atoms with Gasteiger partial charge >= 0.3 is 29.8 Å². The first-order valence-electron chi connectivity index (χ1n) is 13.5. The number of hydrogen-bond donors (Lipinski definition) is 5. The first kappa shape index (κ1) is 30.8. The number of carbonyl (C=O) groups is 5. The number of esters is 3. The van der Waals surface area contributed by atoms with Crippen LogP contribution < -0.4 is 10.1 Å². The van der Waals surface area contributed by atoms with Crippen LogP contribution in [-0.2, 0) is 50.0 Å². The summed E-state index contributed by atoms with van der Waals surface area (Å²) in [7, 11) is 1.75. The molecule has 0 radical (unpaired) electrons. The number of hydrogen-bond acceptors (Lipinski definition) is 12. The monoisotopic (exact) mass is 591 g/mol. The molecule has 1 aromatic carbocycles. The highest BCUT2D eigenvalue weighted by Gasteiger charge is 2.69. The van der Waals surface area contributed by atoms with Gasteiger partial charge in [-0.05, 0) is 44.5 Å². The Morgan fingerprint density at radius 1 is 1.12 bits per heavy atom. The number of phenols is 1. The number of nitrogens with one attached hydrogen (secondary N) is 1. The Hall–Kier alpha value is -4.17. The van der Waals surface area contributed by atoms with E-state index in [1.165, 1.54) is 6.07 Å². The fourth-order valence-electron chi connectivity index (χ4n) is 6.24. The molecule has 0 amide bonds. The maximum atomic E-state index is 12.8. The van der Waals surface area contributed by atoms with Gasteiger partial charge in [-0.3, -0.25) is 14.4 Å². The molecule has 0 saturated heterocycles. The van der Waals surface area contributed by atoms with Crippen LogP contribution in [0, 0.1) is 0 Å². The van der Waals surface area contributed by atoms with Gasteiger partial charge in [0, 0.05) is 18.0 Å². The topological polar surface area (TPSA) is 215 Å². The number of aliphatic carboxylic acids is 2. The Balaban J connectivity index is 1.41. The van der Waals surface area contributed by atoms with Gasteiger partial charge < -0.3 is 44.7 Å². The third kappa shape index (κ3) is 5.15. The molecule has 0 fully saturated rings. The zero-order valence-corrected chi connectivity index (χ0v) is 23.2. The van der Waals surface area contributed by atoms with E-state index in [1.54, 1.807) is 19.2 Å². The van der Waals surface area contributed by atoms with Crippen LogP contribution in [0.4, 0.5) is 0 Å². The largest absolute Gasteiger partial charge is 0.504 e. The van der Waals surface area contributed by atoms with Gasteiger partial charge in [-0.1, -0.05) is 13.0 Å². The highest BCUT2D eigenvalue weighted by atomic mass is 16.6. The van der Waals surface area contributed by atoms with Crippen molar-refractivity contribution in [2.24, 2.45) is 0 Å². The first-order valence-corrected chi connectivity index (χ1v) is 13.5. The second-order valence-corrected chi connectivity index (χ2v) is 10.5. The standard InChI is InChI=1S/C28H33NO13/c1-4-27-22-14-5-6-15(30)23(22)42-24(27)16(9-10-28(27,38)18(11-14)29-3)40-21(34)8-7-20(33)39-13(2)26(37)41-17(25(35)36)12-19(31)32/h5-6,9,13,17-18,24,29-30,38H,4,7-8,10-12H2,1-3H3,(H,31,32)(H,35,36)/t13-,17-,18+,24-,27-,28+/m0/s1. The normalized spacial score (nSPS) is 26.5. The minimum atomic E-state index is -1.96. The van der Waals surface area contributed by atoms with Crippen LogP contribution in [0.1, 0.15) is 57.1 Å². The van der Waals surface area contributed by atoms with Crippen LogP contribution >= 0.6 is 0 Å². The molecule has 228 valence electrons. The second-order valence-electron chi connectivity index (χ2n) is 10.5. The Morgan fingerprint density at radius 3 is 2.43 bits per heavy atom. The summed E-state index contributed by atoms with van der Waals surface area (Å²) >= 11 is 0. The summed E-state index contributed by atoms with van der Waals surface area (Å²) in [6, 6.07) is 2.97. The lowest BCUT2D eigenvalue weighted by atomic mass is 9.52. The third-order valence-corrected chi connectivity index (χ3v) is 8.20. The average molecular weight is 592 g/mol. The van der Waals surface area contributed by atoms with Gasteiger partial charge in [0.1, 0.15) is 5.76 Å². The van der Waals surface area contributed by atoms with Crippen LogP contribution in [0.2, 0.25) is 0 Å². The second kappa shape index (κ2) is 11.6. The Morgan fingerprint density at radius 2 is 1.81 bits per heavy atom. The summed E-state index contributed by atoms with van der Waals surface area (Å²) in [5.41, 5.74) is -0.766. The number of aromatic hydroxyl groups is 1. The van der Waals surface area contributed by atoms with Crippen LogP contribution in [0.3, 0.4) is 0 Å². The summed E-state index contributed by atoms with van der Waals surface area (Å²) in [5, 5.41) is 43.6. The molecule has 0 saturated carbocycles. The van der Waals surface area contributed by atoms with E-state index in [2.05, 4.69) is 10.1 Å². The molecule has 0 spiro atoms. The lowest BCUT2D eigenvalue weighted by Gasteiger charge is -2.55. The molecule has 3 aliphatic rings. The quantitative estimate of drug-likeness (QED) is 0.167. The molecule has 1 aromatic rings. The number of likely N-dealkylation sites (N-methyl/N-ethyl adjacent to an activating group) is 1. The summed E-state index contributed by atoms with van der Waals surface area (Å²) in [5.74, 6) is -5.98. The number of rotatable bonds is 12. The van der Waals surface area contributed by atoms with E-state index in [9.17, 15) is 34.2 Å². The molecule has 0 unspecified atom stereocenters. The predicted octanol–water partition coefficient (Wildman–Crippen LogP) is 0.690. The third-order valence-electron chi connectivity index (χ3n) is 8.20. The Labute approximate surface area is 240 Å². The Kier molecular flexibility index (Phi) is 8.51. The van der Waals surface area contributed by atoms with Crippen molar-refractivity contribution in [3.8, 4) is 11.5 Å². The van der Waals surface area contributed by atoms with Crippen molar-refractivity contribution in [3.05, 3.63) is 35.1 Å². The van der Waals surface area contributed by atoms with Gasteiger partial charge in [0.15, 0.2) is 23.7 Å². The molecule has 4 rings (SSSR count). The van der Waals surface area contributed by atoms with E-state index >= 15 is 0 Å². The van der Waals surface area contributed by atoms with Gasteiger partial charge in [0.25, 0.3) is 0 Å². The van der Waals surface area contributed by atoms with Crippen molar-refractivity contribution in [2.75, 3.05) is 7.05 Å². The highest BCUT2D eigenvalue weighted by molar-refractivity contribution is 5.85. The van der Waals surface area contributed by atoms with E-state index in [-0.39, 0.29) is 29.7 Å². The molecule has 1 aliphatic heterocycles. The van der Waals surface area contributed by atoms with E-state index in [1.807, 2.05) is 6.92 Å². The summed E-state index contributed by atoms with van der Waals surface area (Å²) < 4.78 is 21.3. The minimum absolute atomic E-state index is 0.0973. The number of benzene rings is 1. The van der Waals surface area contributed by atoms with Crippen LogP contribution in [-0.4, -0.2) is 87.3 Å². The highest BCUT2D eigenvalue weighted by Crippen LogP contribution is 2.63. The molecular formula is C28H33NO13. The van der Waals surface area contributed by atoms with Crippen molar-refractivity contribution in [2.45, 2.75) is 87.7 Å². The molecule has 14 heteroatoms. The van der Waals surface area contributed by atoms with Gasteiger partial charge in [-0.15, -0.1) is 0 Å². The molecule has 6 atom stereocenters. The van der Waals surface area contributed by atoms with E-state index < -0.39 is 78.4 Å². The molecule has 1 heterocycles. The number of carbonyl (C=O) groups excluding carboxylic acids is 3. The molecule has 0 bridgehead atoms. The molecule has 0 aromatic heterocycles. The fourth-order valence-corrected chi connectivity index (χ4v) is 6.24. The number of carboxylic acid groups (broad SMARTS) is 2. The van der Waals surface area contributed by atoms with Crippen LogP contribution in [0.25, 0.3) is 0 Å². The zero-order valence-electron chi connectivity index (χ0n) is 23.2. The van der Waals surface area contributed by atoms with E-state index in [0.29, 0.717) is 18.4 Å².